The van der Waals surface area contributed by atoms with Crippen molar-refractivity contribution in [1.82, 2.24) is 29.7 Å². The molecule has 0 amide bonds. The number of halogens is 5. The predicted molar refractivity (Wildman–Crippen MR) is 235 cm³/mol. The van der Waals surface area contributed by atoms with Crippen molar-refractivity contribution in [3.8, 4) is 0 Å². The Morgan fingerprint density at radius 3 is 1.27 bits per heavy atom. The Kier molecular flexibility index (Phi) is 10.6. The molecule has 11 heteroatoms. The zero-order valence-corrected chi connectivity index (χ0v) is 35.8. The van der Waals surface area contributed by atoms with Crippen molar-refractivity contribution >= 4 is 44.3 Å². The molecule has 318 valence electrons. The van der Waals surface area contributed by atoms with Crippen LogP contribution in [-0.2, 0) is 6.18 Å². The molecule has 6 nitrogen and oxygen atoms in total. The maximum Gasteiger partial charge on any atom is 0.416 e. The molecular weight excluding hydrogens is 784 g/mol. The van der Waals surface area contributed by atoms with Gasteiger partial charge in [-0.15, -0.1) is 0 Å². The summed E-state index contributed by atoms with van der Waals surface area (Å²) in [6.45, 7) is 17.0. The van der Waals surface area contributed by atoms with Gasteiger partial charge in [-0.05, 0) is 188 Å². The van der Waals surface area contributed by atoms with Crippen molar-refractivity contribution in [3.63, 3.8) is 0 Å². The number of piperidine rings is 9. The molecule has 9 saturated heterocycles. The van der Waals surface area contributed by atoms with Gasteiger partial charge in [0, 0.05) is 92.2 Å². The third-order valence-electron chi connectivity index (χ3n) is 15.4. The van der Waals surface area contributed by atoms with E-state index in [0.717, 1.165) is 88.9 Å². The monoisotopic (exact) mass is 840 g/mol. The largest absolute Gasteiger partial charge is 0.416 e. The van der Waals surface area contributed by atoms with Crippen LogP contribution in [0.3, 0.4) is 0 Å². The van der Waals surface area contributed by atoms with E-state index in [-0.39, 0.29) is 5.82 Å². The fraction of sp³-hybridized carbons (Fsp3) is 0.510. The molecule has 9 fully saturated rings. The molecule has 0 radical (unpaired) electrons. The first-order chi connectivity index (χ1) is 28.9. The molecule has 0 spiro atoms. The zero-order valence-electron chi connectivity index (χ0n) is 35.0. The van der Waals surface area contributed by atoms with E-state index >= 15 is 0 Å². The second-order valence-electron chi connectivity index (χ2n) is 18.9. The predicted octanol–water partition coefficient (Wildman–Crippen LogP) is 11.7. The molecule has 12 heterocycles. The van der Waals surface area contributed by atoms with Crippen LogP contribution in [0.4, 0.5) is 17.6 Å². The summed E-state index contributed by atoms with van der Waals surface area (Å²) in [5.41, 5.74) is 10.1. The molecule has 3 N–H and O–H groups in total. The molecule has 0 saturated carbocycles. The number of aryl methyl sites for hydroxylation is 3. The number of aromatic nitrogens is 3. The van der Waals surface area contributed by atoms with Gasteiger partial charge in [0.05, 0.1) is 5.56 Å². The van der Waals surface area contributed by atoms with Crippen molar-refractivity contribution in [1.29, 1.82) is 0 Å². The lowest BCUT2D eigenvalue weighted by Crippen LogP contribution is -2.46. The highest BCUT2D eigenvalue weighted by molar-refractivity contribution is 6.31. The molecular formula is C49H57ClF4N6. The maximum absolute atomic E-state index is 13.6. The minimum atomic E-state index is -4.29. The standard InChI is InChI=1S/C17H19F3N2.C16H19ClN2.C16H19FN2/c1-10-16(14-9-22-6-4-11(14)5-7-22)13-8-12(17(18,19)20)2-3-15(13)21-10;2*1-10-16(13-8-12(17)2-3-15(13)18-10)14-9-19-6-4-11(14)5-7-19/h2-3,8,11,14,21H,4-7,9H2,1H3;2*2-3,8,11,14,18H,4-7,9H2,1H3. The maximum atomic E-state index is 13.6. The second kappa shape index (κ2) is 15.8. The van der Waals surface area contributed by atoms with E-state index in [1.807, 2.05) is 19.1 Å². The van der Waals surface area contributed by atoms with E-state index in [0.29, 0.717) is 23.7 Å². The van der Waals surface area contributed by atoms with E-state index in [1.165, 1.54) is 104 Å². The van der Waals surface area contributed by atoms with E-state index in [9.17, 15) is 17.6 Å². The summed E-state index contributed by atoms with van der Waals surface area (Å²) >= 11 is 6.19. The Balaban J connectivity index is 0.000000109. The molecule has 3 aromatic heterocycles. The van der Waals surface area contributed by atoms with Crippen LogP contribution in [0.5, 0.6) is 0 Å². The number of rotatable bonds is 3. The van der Waals surface area contributed by atoms with Gasteiger partial charge >= 0.3 is 6.18 Å². The topological polar surface area (TPSA) is 57.1 Å². The first-order valence-corrected chi connectivity index (χ1v) is 22.7. The Morgan fingerprint density at radius 2 is 0.883 bits per heavy atom. The number of nitrogens with zero attached hydrogens (tertiary/aromatic N) is 3. The molecule has 3 aromatic carbocycles. The van der Waals surface area contributed by atoms with Crippen LogP contribution in [0.1, 0.15) is 95.6 Å². The van der Waals surface area contributed by atoms with Gasteiger partial charge < -0.3 is 29.7 Å². The molecule has 6 aromatic rings. The van der Waals surface area contributed by atoms with Gasteiger partial charge in [-0.2, -0.15) is 13.2 Å². The van der Waals surface area contributed by atoms with Crippen molar-refractivity contribution in [2.45, 2.75) is 83.2 Å². The number of alkyl halides is 3. The van der Waals surface area contributed by atoms with Crippen LogP contribution in [0.15, 0.2) is 54.6 Å². The molecule has 6 bridgehead atoms. The number of benzene rings is 3. The van der Waals surface area contributed by atoms with Crippen LogP contribution < -0.4 is 0 Å². The van der Waals surface area contributed by atoms with Crippen LogP contribution in [0, 0.1) is 44.3 Å². The Morgan fingerprint density at radius 1 is 0.517 bits per heavy atom. The van der Waals surface area contributed by atoms with Gasteiger partial charge in [-0.25, -0.2) is 4.39 Å². The van der Waals surface area contributed by atoms with Crippen LogP contribution in [-0.4, -0.2) is 88.6 Å². The van der Waals surface area contributed by atoms with Gasteiger partial charge in [0.2, 0.25) is 0 Å². The number of hydrogen-bond acceptors (Lipinski definition) is 3. The SMILES string of the molecule is Cc1[nH]c2ccc(C(F)(F)F)cc2c1C1CN2CCC1CC2.Cc1[nH]c2ccc(Cl)cc2c1C1CN2CCC1CC2.Cc1[nH]c2ccc(F)cc2c1C1CN2CCC1CC2. The smallest absolute Gasteiger partial charge is 0.358 e. The van der Waals surface area contributed by atoms with Gasteiger partial charge in [-0.3, -0.25) is 0 Å². The quantitative estimate of drug-likeness (QED) is 0.156. The van der Waals surface area contributed by atoms with Gasteiger partial charge in [0.15, 0.2) is 0 Å². The van der Waals surface area contributed by atoms with Crippen molar-refractivity contribution in [2.24, 2.45) is 17.8 Å². The molecule has 9 aliphatic rings. The molecule has 3 atom stereocenters. The second-order valence-corrected chi connectivity index (χ2v) is 19.3. The van der Waals surface area contributed by atoms with E-state index < -0.39 is 11.7 Å². The normalized spacial score (nSPS) is 29.5. The summed E-state index contributed by atoms with van der Waals surface area (Å²) in [5.74, 6) is 3.76. The first kappa shape index (κ1) is 40.3. The first-order valence-electron chi connectivity index (χ1n) is 22.3. The summed E-state index contributed by atoms with van der Waals surface area (Å²) in [6.07, 6.45) is 3.35. The highest BCUT2D eigenvalue weighted by atomic mass is 35.5. The van der Waals surface area contributed by atoms with Crippen LogP contribution >= 0.6 is 11.6 Å². The highest BCUT2D eigenvalue weighted by Crippen LogP contribution is 2.46. The lowest BCUT2D eigenvalue weighted by atomic mass is 9.74. The zero-order chi connectivity index (χ0) is 41.4. The van der Waals surface area contributed by atoms with Crippen molar-refractivity contribution in [2.75, 3.05) is 58.9 Å². The van der Waals surface area contributed by atoms with Crippen molar-refractivity contribution in [3.05, 3.63) is 105 Å². The molecule has 0 aliphatic carbocycles. The lowest BCUT2D eigenvalue weighted by molar-refractivity contribution is -0.137. The minimum absolute atomic E-state index is 0.131. The Bertz CT molecular complexity index is 2400. The molecule has 60 heavy (non-hydrogen) atoms. The number of hydrogen-bond donors (Lipinski definition) is 3. The third kappa shape index (κ3) is 7.47. The Hall–Kier alpha value is -3.83. The summed E-state index contributed by atoms with van der Waals surface area (Å²) in [7, 11) is 0. The van der Waals surface area contributed by atoms with Gasteiger partial charge in [0.25, 0.3) is 0 Å². The lowest BCUT2D eigenvalue weighted by Gasteiger charge is -2.45. The van der Waals surface area contributed by atoms with E-state index in [2.05, 4.69) is 55.6 Å². The van der Waals surface area contributed by atoms with Crippen LogP contribution in [0.2, 0.25) is 5.02 Å². The number of H-pyrrole nitrogens is 3. The Labute approximate surface area is 355 Å². The fourth-order valence-electron chi connectivity index (χ4n) is 12.5. The summed E-state index contributed by atoms with van der Waals surface area (Å²) in [5, 5.41) is 4.03. The highest BCUT2D eigenvalue weighted by Gasteiger charge is 2.40. The van der Waals surface area contributed by atoms with Gasteiger partial charge in [0.1, 0.15) is 5.82 Å². The molecule has 3 unspecified atom stereocenters. The summed E-state index contributed by atoms with van der Waals surface area (Å²) in [4.78, 5) is 17.9. The van der Waals surface area contributed by atoms with E-state index in [1.54, 1.807) is 18.2 Å². The number of aromatic amines is 3. The summed E-state index contributed by atoms with van der Waals surface area (Å²) < 4.78 is 52.6. The molecule has 9 aliphatic heterocycles. The average Bonchev–Trinajstić information content (AvgIpc) is 3.89. The minimum Gasteiger partial charge on any atom is -0.358 e. The molecule has 15 rings (SSSR count). The fourth-order valence-corrected chi connectivity index (χ4v) is 12.6. The number of fused-ring (bicyclic) bond motifs is 12. The number of nitrogens with one attached hydrogen (secondary N) is 3. The summed E-state index contributed by atoms with van der Waals surface area (Å²) in [6, 6.07) is 15.4. The van der Waals surface area contributed by atoms with Gasteiger partial charge in [-0.1, -0.05) is 11.6 Å². The third-order valence-corrected chi connectivity index (χ3v) is 15.7. The van der Waals surface area contributed by atoms with Crippen LogP contribution in [0.25, 0.3) is 32.7 Å². The average molecular weight is 841 g/mol. The van der Waals surface area contributed by atoms with Crippen molar-refractivity contribution < 1.29 is 17.6 Å². The van der Waals surface area contributed by atoms with E-state index in [4.69, 9.17) is 11.6 Å².